The van der Waals surface area contributed by atoms with Gasteiger partial charge in [-0.3, -0.25) is 9.78 Å². The van der Waals surface area contributed by atoms with E-state index in [9.17, 15) is 9.18 Å². The second kappa shape index (κ2) is 6.01. The van der Waals surface area contributed by atoms with Crippen LogP contribution in [-0.4, -0.2) is 19.7 Å². The first-order valence-corrected chi connectivity index (χ1v) is 8.21. The van der Waals surface area contributed by atoms with Crippen molar-refractivity contribution in [2.75, 3.05) is 5.32 Å². The summed E-state index contributed by atoms with van der Waals surface area (Å²) in [5.41, 5.74) is 0.663. The van der Waals surface area contributed by atoms with Crippen LogP contribution in [0.3, 0.4) is 0 Å². The van der Waals surface area contributed by atoms with E-state index in [0.717, 1.165) is 10.0 Å². The van der Waals surface area contributed by atoms with Gasteiger partial charge in [-0.2, -0.15) is 10.1 Å². The van der Waals surface area contributed by atoms with Crippen molar-refractivity contribution in [3.8, 4) is 0 Å². The molecule has 0 aliphatic rings. The van der Waals surface area contributed by atoms with Gasteiger partial charge in [0.2, 0.25) is 5.95 Å². The molecule has 24 heavy (non-hydrogen) atoms. The van der Waals surface area contributed by atoms with Gasteiger partial charge >= 0.3 is 0 Å². The summed E-state index contributed by atoms with van der Waals surface area (Å²) in [4.78, 5) is 19.3. The normalized spacial score (nSPS) is 11.9. The summed E-state index contributed by atoms with van der Waals surface area (Å²) in [6, 6.07) is 4.44. The molecule has 0 unspecified atom stereocenters. The van der Waals surface area contributed by atoms with Gasteiger partial charge in [-0.15, -0.1) is 0 Å². The predicted molar refractivity (Wildman–Crippen MR) is 94.6 cm³/mol. The Morgan fingerprint density at radius 2 is 2.12 bits per heavy atom. The minimum Gasteiger partial charge on any atom is -0.352 e. The molecule has 0 spiro atoms. The van der Waals surface area contributed by atoms with Crippen LogP contribution in [0, 0.1) is 5.82 Å². The van der Waals surface area contributed by atoms with E-state index in [1.165, 1.54) is 18.3 Å². The maximum absolute atomic E-state index is 13.4. The van der Waals surface area contributed by atoms with Gasteiger partial charge in [-0.05, 0) is 44.5 Å². The number of fused-ring (bicyclic) bond motifs is 1. The number of rotatable bonds is 3. The highest BCUT2D eigenvalue weighted by Gasteiger charge is 2.19. The lowest BCUT2D eigenvalue weighted by Crippen LogP contribution is -2.24. The average molecular weight is 394 g/mol. The molecule has 0 fully saturated rings. The van der Waals surface area contributed by atoms with Gasteiger partial charge in [0.05, 0.1) is 11.7 Å². The number of aromatic amines is 1. The van der Waals surface area contributed by atoms with Crippen molar-refractivity contribution in [3.05, 3.63) is 50.6 Å². The number of nitrogens with one attached hydrogen (secondary N) is 2. The summed E-state index contributed by atoms with van der Waals surface area (Å²) in [7, 11) is 0. The smallest absolute Gasteiger partial charge is 0.263 e. The summed E-state index contributed by atoms with van der Waals surface area (Å²) in [5, 5.41) is 7.72. The Morgan fingerprint density at radius 1 is 1.38 bits per heavy atom. The van der Waals surface area contributed by atoms with Gasteiger partial charge in [-0.25, -0.2) is 9.07 Å². The molecular weight excluding hydrogens is 377 g/mol. The molecule has 0 saturated carbocycles. The average Bonchev–Trinajstić information content (AvgIpc) is 2.93. The lowest BCUT2D eigenvalue weighted by molar-refractivity contribution is 0.366. The first-order valence-electron chi connectivity index (χ1n) is 7.42. The molecule has 0 amide bonds. The molecule has 0 atom stereocenters. The van der Waals surface area contributed by atoms with Gasteiger partial charge in [0.25, 0.3) is 5.56 Å². The topological polar surface area (TPSA) is 75.6 Å². The zero-order valence-electron chi connectivity index (χ0n) is 13.5. The maximum atomic E-state index is 13.4. The first-order chi connectivity index (χ1) is 11.3. The molecule has 3 rings (SSSR count). The zero-order chi connectivity index (χ0) is 17.5. The van der Waals surface area contributed by atoms with Crippen molar-refractivity contribution in [2.45, 2.75) is 32.9 Å². The summed E-state index contributed by atoms with van der Waals surface area (Å²) >= 11 is 3.38. The molecule has 2 N–H and O–H groups in total. The van der Waals surface area contributed by atoms with E-state index in [0.29, 0.717) is 23.5 Å². The molecule has 1 aromatic carbocycles. The molecule has 0 bridgehead atoms. The molecular formula is C16H17BrFN5O. The number of nitrogens with zero attached hydrogens (tertiary/aromatic N) is 3. The van der Waals surface area contributed by atoms with Crippen LogP contribution in [0.2, 0.25) is 0 Å². The van der Waals surface area contributed by atoms with E-state index < -0.39 is 0 Å². The van der Waals surface area contributed by atoms with E-state index >= 15 is 0 Å². The van der Waals surface area contributed by atoms with Gasteiger partial charge < -0.3 is 5.32 Å². The largest absolute Gasteiger partial charge is 0.352 e. The van der Waals surface area contributed by atoms with Gasteiger partial charge in [-0.1, -0.05) is 15.9 Å². The quantitative estimate of drug-likeness (QED) is 0.714. The van der Waals surface area contributed by atoms with Crippen LogP contribution < -0.4 is 10.9 Å². The lowest BCUT2D eigenvalue weighted by Gasteiger charge is -2.19. The SMILES string of the molecule is CC(C)(C)n1ncc2c(=O)[nH]c(NCc3cc(F)ccc3Br)nc21. The third-order valence-electron chi connectivity index (χ3n) is 3.53. The number of halogens is 2. The minimum absolute atomic E-state index is 0.267. The minimum atomic E-state index is -0.322. The standard InChI is InChI=1S/C16H17BrFN5O/c1-16(2,3)23-13-11(8-20-23)14(24)22-15(21-13)19-7-9-6-10(18)4-5-12(9)17/h4-6,8H,7H2,1-3H3,(H2,19,21,22,24). The van der Waals surface area contributed by atoms with Crippen molar-refractivity contribution >= 4 is 32.9 Å². The fourth-order valence-corrected chi connectivity index (χ4v) is 2.74. The fraction of sp³-hybridized carbons (Fsp3) is 0.312. The Kier molecular flexibility index (Phi) is 4.16. The molecule has 0 radical (unpaired) electrons. The second-order valence-electron chi connectivity index (χ2n) is 6.47. The molecule has 3 aromatic rings. The second-order valence-corrected chi connectivity index (χ2v) is 7.32. The van der Waals surface area contributed by atoms with Crippen LogP contribution in [0.4, 0.5) is 10.3 Å². The summed E-state index contributed by atoms with van der Waals surface area (Å²) in [5.74, 6) is -0.00706. The third kappa shape index (κ3) is 3.19. The molecule has 0 aliphatic heterocycles. The fourth-order valence-electron chi connectivity index (χ4n) is 2.35. The van der Waals surface area contributed by atoms with Crippen LogP contribution in [-0.2, 0) is 12.1 Å². The van der Waals surface area contributed by atoms with E-state index in [-0.39, 0.29) is 16.9 Å². The van der Waals surface area contributed by atoms with Crippen molar-refractivity contribution in [1.82, 2.24) is 19.7 Å². The van der Waals surface area contributed by atoms with Crippen LogP contribution in [0.25, 0.3) is 11.0 Å². The number of hydrogen-bond acceptors (Lipinski definition) is 4. The first kappa shape index (κ1) is 16.6. The number of H-pyrrole nitrogens is 1. The van der Waals surface area contributed by atoms with Gasteiger partial charge in [0, 0.05) is 11.0 Å². The van der Waals surface area contributed by atoms with Crippen LogP contribution >= 0.6 is 15.9 Å². The molecule has 6 nitrogen and oxygen atoms in total. The van der Waals surface area contributed by atoms with E-state index in [2.05, 4.69) is 36.3 Å². The van der Waals surface area contributed by atoms with Crippen molar-refractivity contribution in [1.29, 1.82) is 0 Å². The van der Waals surface area contributed by atoms with Crippen LogP contribution in [0.5, 0.6) is 0 Å². The summed E-state index contributed by atoms with van der Waals surface area (Å²) in [6.45, 7) is 6.27. The monoisotopic (exact) mass is 393 g/mol. The molecule has 126 valence electrons. The van der Waals surface area contributed by atoms with E-state index in [4.69, 9.17) is 0 Å². The number of anilines is 1. The van der Waals surface area contributed by atoms with Gasteiger partial charge in [0.15, 0.2) is 5.65 Å². The Morgan fingerprint density at radius 3 is 2.83 bits per heavy atom. The Hall–Kier alpha value is -2.22. The van der Waals surface area contributed by atoms with E-state index in [1.54, 1.807) is 10.7 Å². The zero-order valence-corrected chi connectivity index (χ0v) is 15.1. The molecule has 2 aromatic heterocycles. The van der Waals surface area contributed by atoms with Crippen LogP contribution in [0.1, 0.15) is 26.3 Å². The van der Waals surface area contributed by atoms with Gasteiger partial charge in [0.1, 0.15) is 11.2 Å². The van der Waals surface area contributed by atoms with Crippen molar-refractivity contribution in [2.24, 2.45) is 0 Å². The number of aromatic nitrogens is 4. The Labute approximate surface area is 146 Å². The lowest BCUT2D eigenvalue weighted by atomic mass is 10.1. The Bertz CT molecular complexity index is 957. The number of hydrogen-bond donors (Lipinski definition) is 2. The highest BCUT2D eigenvalue weighted by atomic mass is 79.9. The maximum Gasteiger partial charge on any atom is 0.263 e. The predicted octanol–water partition coefficient (Wildman–Crippen LogP) is 3.39. The summed E-state index contributed by atoms with van der Waals surface area (Å²) in [6.07, 6.45) is 1.51. The Balaban J connectivity index is 1.95. The molecule has 0 saturated heterocycles. The summed E-state index contributed by atoms with van der Waals surface area (Å²) < 4.78 is 15.8. The third-order valence-corrected chi connectivity index (χ3v) is 4.30. The molecule has 0 aliphatic carbocycles. The molecule has 2 heterocycles. The van der Waals surface area contributed by atoms with Crippen LogP contribution in [0.15, 0.2) is 33.7 Å². The van der Waals surface area contributed by atoms with E-state index in [1.807, 2.05) is 20.8 Å². The van der Waals surface area contributed by atoms with Crippen molar-refractivity contribution in [3.63, 3.8) is 0 Å². The van der Waals surface area contributed by atoms with Crippen molar-refractivity contribution < 1.29 is 4.39 Å². The highest BCUT2D eigenvalue weighted by Crippen LogP contribution is 2.20. The number of benzene rings is 1. The highest BCUT2D eigenvalue weighted by molar-refractivity contribution is 9.10. The molecule has 8 heteroatoms.